The number of aliphatic hydroxyl groups is 1. The molecule has 0 aliphatic carbocycles. The summed E-state index contributed by atoms with van der Waals surface area (Å²) in [5.41, 5.74) is -0.114. The smallest absolute Gasteiger partial charge is 0.137 e. The van der Waals surface area contributed by atoms with E-state index in [1.807, 2.05) is 6.07 Å². The van der Waals surface area contributed by atoms with Crippen LogP contribution in [0.4, 0.5) is 0 Å². The number of hydrogen-bond donors (Lipinski definition) is 1. The van der Waals surface area contributed by atoms with Crippen LogP contribution in [0.2, 0.25) is 0 Å². The van der Waals surface area contributed by atoms with E-state index in [4.69, 9.17) is 9.47 Å². The van der Waals surface area contributed by atoms with Crippen molar-refractivity contribution < 1.29 is 14.6 Å². The van der Waals surface area contributed by atoms with Crippen LogP contribution < -0.4 is 4.74 Å². The largest absolute Gasteiger partial charge is 0.492 e. The van der Waals surface area contributed by atoms with E-state index in [1.165, 1.54) is 0 Å². The molecule has 4 nitrogen and oxygen atoms in total. The van der Waals surface area contributed by atoms with Crippen LogP contribution in [0, 0.1) is 0 Å². The maximum atomic E-state index is 10.3. The van der Waals surface area contributed by atoms with E-state index in [0.717, 1.165) is 12.0 Å². The fourth-order valence-corrected chi connectivity index (χ4v) is 1.75. The van der Waals surface area contributed by atoms with Gasteiger partial charge in [-0.2, -0.15) is 0 Å². The molecule has 88 valence electrons. The molecule has 1 saturated heterocycles. The lowest BCUT2D eigenvalue weighted by Gasteiger charge is -2.20. The molecule has 0 radical (unpaired) electrons. The molecule has 1 aliphatic heterocycles. The first-order chi connectivity index (χ1) is 7.74. The van der Waals surface area contributed by atoms with Crippen LogP contribution in [0.5, 0.6) is 5.75 Å². The van der Waals surface area contributed by atoms with Gasteiger partial charge in [0.2, 0.25) is 0 Å². The summed E-state index contributed by atoms with van der Waals surface area (Å²) in [7, 11) is 0. The minimum atomic E-state index is -0.890. The van der Waals surface area contributed by atoms with Gasteiger partial charge in [0.05, 0.1) is 19.4 Å². The molecule has 1 N–H and O–H groups in total. The maximum absolute atomic E-state index is 10.3. The first-order valence-corrected chi connectivity index (χ1v) is 5.63. The molecule has 1 fully saturated rings. The third-order valence-electron chi connectivity index (χ3n) is 2.72. The Hall–Kier alpha value is -1.13. The standard InChI is InChI=1S/C12H17NO3/c1-2-4-16-11-6-10(7-13-8-11)12(14)3-5-15-9-12/h6-8,14H,2-5,9H2,1H3. The number of rotatable bonds is 4. The van der Waals surface area contributed by atoms with Crippen LogP contribution >= 0.6 is 0 Å². The SMILES string of the molecule is CCCOc1cncc(C2(O)CCOC2)c1. The average molecular weight is 223 g/mol. The number of pyridine rings is 1. The van der Waals surface area contributed by atoms with Gasteiger partial charge in [0.15, 0.2) is 0 Å². The Morgan fingerprint density at radius 1 is 1.56 bits per heavy atom. The Labute approximate surface area is 95.2 Å². The second-order valence-electron chi connectivity index (χ2n) is 4.09. The Balaban J connectivity index is 2.15. The lowest BCUT2D eigenvalue weighted by molar-refractivity contribution is 0.0227. The molecule has 16 heavy (non-hydrogen) atoms. The highest BCUT2D eigenvalue weighted by atomic mass is 16.5. The lowest BCUT2D eigenvalue weighted by Crippen LogP contribution is -2.25. The van der Waals surface area contributed by atoms with Crippen molar-refractivity contribution >= 4 is 0 Å². The van der Waals surface area contributed by atoms with Crippen LogP contribution in [-0.2, 0) is 10.3 Å². The molecule has 1 unspecified atom stereocenters. The number of aromatic nitrogens is 1. The molecule has 0 aromatic carbocycles. The van der Waals surface area contributed by atoms with Crippen LogP contribution in [0.3, 0.4) is 0 Å². The summed E-state index contributed by atoms with van der Waals surface area (Å²) >= 11 is 0. The molecule has 0 spiro atoms. The normalized spacial score (nSPS) is 24.6. The van der Waals surface area contributed by atoms with Crippen molar-refractivity contribution in [3.05, 3.63) is 24.0 Å². The van der Waals surface area contributed by atoms with Gasteiger partial charge in [0.25, 0.3) is 0 Å². The number of ether oxygens (including phenoxy) is 2. The van der Waals surface area contributed by atoms with Gasteiger partial charge in [0.1, 0.15) is 11.4 Å². The molecule has 2 heterocycles. The van der Waals surface area contributed by atoms with Gasteiger partial charge in [-0.1, -0.05) is 6.92 Å². The Bertz CT molecular complexity index is 348. The summed E-state index contributed by atoms with van der Waals surface area (Å²) in [5, 5.41) is 10.3. The second-order valence-corrected chi connectivity index (χ2v) is 4.09. The van der Waals surface area contributed by atoms with Crippen molar-refractivity contribution in [2.75, 3.05) is 19.8 Å². The molecule has 4 heteroatoms. The lowest BCUT2D eigenvalue weighted by atomic mass is 9.95. The van der Waals surface area contributed by atoms with Crippen molar-refractivity contribution in [2.45, 2.75) is 25.4 Å². The van der Waals surface area contributed by atoms with Crippen molar-refractivity contribution in [1.29, 1.82) is 0 Å². The average Bonchev–Trinajstić information content (AvgIpc) is 2.75. The molecule has 1 aromatic heterocycles. The van der Waals surface area contributed by atoms with Gasteiger partial charge in [-0.25, -0.2) is 0 Å². The molecular formula is C12H17NO3. The minimum Gasteiger partial charge on any atom is -0.492 e. The predicted molar refractivity (Wildman–Crippen MR) is 59.4 cm³/mol. The second kappa shape index (κ2) is 4.80. The van der Waals surface area contributed by atoms with E-state index >= 15 is 0 Å². The van der Waals surface area contributed by atoms with Crippen molar-refractivity contribution in [1.82, 2.24) is 4.98 Å². The molecule has 0 saturated carbocycles. The number of nitrogens with zero attached hydrogens (tertiary/aromatic N) is 1. The van der Waals surface area contributed by atoms with E-state index in [1.54, 1.807) is 12.4 Å². The molecule has 1 aliphatic rings. The zero-order valence-corrected chi connectivity index (χ0v) is 9.48. The van der Waals surface area contributed by atoms with Crippen LogP contribution in [0.1, 0.15) is 25.3 Å². The summed E-state index contributed by atoms with van der Waals surface area (Å²) < 4.78 is 10.7. The van der Waals surface area contributed by atoms with Crippen LogP contribution in [-0.4, -0.2) is 29.9 Å². The van der Waals surface area contributed by atoms with Gasteiger partial charge < -0.3 is 14.6 Å². The van der Waals surface area contributed by atoms with Crippen molar-refractivity contribution in [2.24, 2.45) is 0 Å². The van der Waals surface area contributed by atoms with E-state index < -0.39 is 5.60 Å². The van der Waals surface area contributed by atoms with Gasteiger partial charge in [-0.15, -0.1) is 0 Å². The molecule has 2 rings (SSSR count). The first kappa shape index (κ1) is 11.4. The van der Waals surface area contributed by atoms with E-state index in [9.17, 15) is 5.11 Å². The third kappa shape index (κ3) is 2.33. The third-order valence-corrected chi connectivity index (χ3v) is 2.72. The molecule has 0 amide bonds. The van der Waals surface area contributed by atoms with Crippen LogP contribution in [0.25, 0.3) is 0 Å². The Morgan fingerprint density at radius 3 is 3.12 bits per heavy atom. The van der Waals surface area contributed by atoms with Crippen molar-refractivity contribution in [3.8, 4) is 5.75 Å². The maximum Gasteiger partial charge on any atom is 0.137 e. The summed E-state index contributed by atoms with van der Waals surface area (Å²) in [6.45, 7) is 3.65. The Kier molecular flexibility index (Phi) is 3.41. The van der Waals surface area contributed by atoms with Gasteiger partial charge in [-0.3, -0.25) is 4.98 Å². The van der Waals surface area contributed by atoms with Gasteiger partial charge in [-0.05, 0) is 12.5 Å². The summed E-state index contributed by atoms with van der Waals surface area (Å²) in [5.74, 6) is 0.708. The summed E-state index contributed by atoms with van der Waals surface area (Å²) in [6, 6.07) is 1.84. The van der Waals surface area contributed by atoms with Gasteiger partial charge >= 0.3 is 0 Å². The zero-order valence-electron chi connectivity index (χ0n) is 9.48. The minimum absolute atomic E-state index is 0.339. The summed E-state index contributed by atoms with van der Waals surface area (Å²) in [6.07, 6.45) is 4.91. The predicted octanol–water partition coefficient (Wildman–Crippen LogP) is 1.48. The Morgan fingerprint density at radius 2 is 2.44 bits per heavy atom. The fraction of sp³-hybridized carbons (Fsp3) is 0.583. The highest BCUT2D eigenvalue weighted by Crippen LogP contribution is 2.31. The number of hydrogen-bond acceptors (Lipinski definition) is 4. The monoisotopic (exact) mass is 223 g/mol. The zero-order chi connectivity index (χ0) is 11.4. The van der Waals surface area contributed by atoms with Crippen LogP contribution in [0.15, 0.2) is 18.5 Å². The molecule has 0 bridgehead atoms. The van der Waals surface area contributed by atoms with E-state index in [-0.39, 0.29) is 0 Å². The van der Waals surface area contributed by atoms with E-state index in [0.29, 0.717) is 32.0 Å². The van der Waals surface area contributed by atoms with E-state index in [2.05, 4.69) is 11.9 Å². The quantitative estimate of drug-likeness (QED) is 0.840. The summed E-state index contributed by atoms with van der Waals surface area (Å²) in [4.78, 5) is 4.09. The first-order valence-electron chi connectivity index (χ1n) is 5.63. The molecule has 1 atom stereocenters. The molecular weight excluding hydrogens is 206 g/mol. The van der Waals surface area contributed by atoms with Gasteiger partial charge in [0, 0.05) is 24.8 Å². The van der Waals surface area contributed by atoms with Crippen molar-refractivity contribution in [3.63, 3.8) is 0 Å². The molecule has 1 aromatic rings. The highest BCUT2D eigenvalue weighted by molar-refractivity contribution is 5.28. The topological polar surface area (TPSA) is 51.6 Å². The highest BCUT2D eigenvalue weighted by Gasteiger charge is 2.34. The fourth-order valence-electron chi connectivity index (χ4n) is 1.75.